The minimum absolute atomic E-state index is 0.177. The van der Waals surface area contributed by atoms with E-state index in [0.717, 1.165) is 45.3 Å². The molecule has 2 N–H and O–H groups in total. The van der Waals surface area contributed by atoms with Crippen LogP contribution in [0, 0.1) is 11.8 Å². The Morgan fingerprint density at radius 1 is 1.37 bits per heavy atom. The second-order valence-corrected chi connectivity index (χ2v) is 6.45. The molecule has 4 nitrogen and oxygen atoms in total. The fourth-order valence-corrected chi connectivity index (χ4v) is 3.77. The van der Waals surface area contributed by atoms with Crippen LogP contribution in [0.1, 0.15) is 39.5 Å². The van der Waals surface area contributed by atoms with Crippen molar-refractivity contribution in [1.29, 1.82) is 0 Å². The van der Waals surface area contributed by atoms with Gasteiger partial charge in [-0.3, -0.25) is 4.79 Å². The molecule has 0 aromatic heterocycles. The molecule has 1 heterocycles. The summed E-state index contributed by atoms with van der Waals surface area (Å²) in [7, 11) is 1.99. The molecule has 4 atom stereocenters. The average molecular weight is 267 g/mol. The predicted octanol–water partition coefficient (Wildman–Crippen LogP) is 1.30. The van der Waals surface area contributed by atoms with Gasteiger partial charge in [0.1, 0.15) is 0 Å². The summed E-state index contributed by atoms with van der Waals surface area (Å²) >= 11 is 0. The van der Waals surface area contributed by atoms with Gasteiger partial charge in [-0.1, -0.05) is 13.8 Å². The number of likely N-dealkylation sites (tertiary alicyclic amines) is 1. The van der Waals surface area contributed by atoms with Crippen LogP contribution in [0.2, 0.25) is 0 Å². The maximum Gasteiger partial charge on any atom is 0.225 e. The first kappa shape index (κ1) is 14.8. The van der Waals surface area contributed by atoms with Crippen LogP contribution in [0.5, 0.6) is 0 Å². The van der Waals surface area contributed by atoms with Crippen LogP contribution in [-0.2, 0) is 4.79 Å². The number of amides is 1. The van der Waals surface area contributed by atoms with Crippen LogP contribution >= 0.6 is 0 Å². The normalized spacial score (nSPS) is 36.4. The summed E-state index contributed by atoms with van der Waals surface area (Å²) in [6.45, 7) is 7.83. The highest BCUT2D eigenvalue weighted by Crippen LogP contribution is 2.29. The molecule has 0 aromatic rings. The third-order valence-corrected chi connectivity index (χ3v) is 5.06. The number of piperidine rings is 1. The van der Waals surface area contributed by atoms with E-state index in [1.165, 1.54) is 0 Å². The number of rotatable bonds is 3. The summed E-state index contributed by atoms with van der Waals surface area (Å²) in [6.07, 6.45) is 3.97. The van der Waals surface area contributed by atoms with E-state index in [9.17, 15) is 4.79 Å². The monoisotopic (exact) mass is 267 g/mol. The van der Waals surface area contributed by atoms with Crippen molar-refractivity contribution in [3.05, 3.63) is 0 Å². The first-order valence-electron chi connectivity index (χ1n) is 7.77. The smallest absolute Gasteiger partial charge is 0.225 e. The van der Waals surface area contributed by atoms with Gasteiger partial charge < -0.3 is 15.5 Å². The number of carbonyl (C=O) groups excluding carboxylic acids is 1. The first-order valence-corrected chi connectivity index (χ1v) is 7.77. The second kappa shape index (κ2) is 6.23. The molecule has 0 bridgehead atoms. The first-order chi connectivity index (χ1) is 9.02. The standard InChI is InChI=1S/C15H29N3O/c1-4-18-8-7-14(11(2)10-18)17(3)15(19)12-5-6-13(16)9-12/h11-14H,4-10,16H2,1-3H3/t11-,12+,13+,14-/m0/s1. The lowest BCUT2D eigenvalue weighted by atomic mass is 9.91. The van der Waals surface area contributed by atoms with Crippen molar-refractivity contribution in [3.8, 4) is 0 Å². The van der Waals surface area contributed by atoms with Crippen LogP contribution in [0.15, 0.2) is 0 Å². The lowest BCUT2D eigenvalue weighted by molar-refractivity contribution is -0.138. The molecule has 0 radical (unpaired) electrons. The summed E-state index contributed by atoms with van der Waals surface area (Å²) in [6, 6.07) is 0.647. The van der Waals surface area contributed by atoms with Gasteiger partial charge in [0.2, 0.25) is 5.91 Å². The van der Waals surface area contributed by atoms with Crippen molar-refractivity contribution >= 4 is 5.91 Å². The Labute approximate surface area is 117 Å². The number of carbonyl (C=O) groups is 1. The van der Waals surface area contributed by atoms with Crippen molar-refractivity contribution < 1.29 is 4.79 Å². The summed E-state index contributed by atoms with van der Waals surface area (Å²) in [5, 5.41) is 0. The van der Waals surface area contributed by atoms with Crippen molar-refractivity contribution in [3.63, 3.8) is 0 Å². The zero-order valence-electron chi connectivity index (χ0n) is 12.6. The summed E-state index contributed by atoms with van der Waals surface area (Å²) in [5.74, 6) is 1.07. The molecule has 2 aliphatic rings. The van der Waals surface area contributed by atoms with Gasteiger partial charge in [0.05, 0.1) is 0 Å². The molecule has 1 saturated carbocycles. The molecule has 2 rings (SSSR count). The summed E-state index contributed by atoms with van der Waals surface area (Å²) in [4.78, 5) is 17.0. The van der Waals surface area contributed by atoms with E-state index in [4.69, 9.17) is 5.73 Å². The van der Waals surface area contributed by atoms with Crippen molar-refractivity contribution in [1.82, 2.24) is 9.80 Å². The zero-order chi connectivity index (χ0) is 14.0. The predicted molar refractivity (Wildman–Crippen MR) is 77.8 cm³/mol. The largest absolute Gasteiger partial charge is 0.342 e. The van der Waals surface area contributed by atoms with Gasteiger partial charge in [-0.05, 0) is 38.1 Å². The molecule has 2 fully saturated rings. The topological polar surface area (TPSA) is 49.6 Å². The van der Waals surface area contributed by atoms with Gasteiger partial charge in [0.25, 0.3) is 0 Å². The average Bonchev–Trinajstić information content (AvgIpc) is 2.83. The molecule has 0 spiro atoms. The molecule has 1 saturated heterocycles. The van der Waals surface area contributed by atoms with Gasteiger partial charge in [-0.2, -0.15) is 0 Å². The molecule has 4 heteroatoms. The SMILES string of the molecule is CCN1CC[C@H](N(C)C(=O)[C@@H]2CC[C@@H](N)C2)[C@@H](C)C1. The van der Waals surface area contributed by atoms with Gasteiger partial charge in [0.15, 0.2) is 0 Å². The number of nitrogens with zero attached hydrogens (tertiary/aromatic N) is 2. The van der Waals surface area contributed by atoms with Crippen molar-refractivity contribution in [2.75, 3.05) is 26.7 Å². The molecule has 110 valence electrons. The summed E-state index contributed by atoms with van der Waals surface area (Å²) < 4.78 is 0. The van der Waals surface area contributed by atoms with E-state index in [2.05, 4.69) is 18.7 Å². The van der Waals surface area contributed by atoms with E-state index in [0.29, 0.717) is 17.9 Å². The molecular formula is C15H29N3O. The van der Waals surface area contributed by atoms with Gasteiger partial charge in [-0.15, -0.1) is 0 Å². The van der Waals surface area contributed by atoms with Gasteiger partial charge >= 0.3 is 0 Å². The van der Waals surface area contributed by atoms with Crippen molar-refractivity contribution in [2.24, 2.45) is 17.6 Å². The van der Waals surface area contributed by atoms with E-state index in [1.807, 2.05) is 11.9 Å². The molecule has 1 aliphatic carbocycles. The molecule has 0 unspecified atom stereocenters. The third-order valence-electron chi connectivity index (χ3n) is 5.06. The molecule has 1 aliphatic heterocycles. The fourth-order valence-electron chi connectivity index (χ4n) is 3.77. The second-order valence-electron chi connectivity index (χ2n) is 6.45. The third kappa shape index (κ3) is 3.29. The minimum Gasteiger partial charge on any atom is -0.342 e. The van der Waals surface area contributed by atoms with E-state index >= 15 is 0 Å². The Balaban J connectivity index is 1.92. The van der Waals surface area contributed by atoms with Gasteiger partial charge in [-0.25, -0.2) is 0 Å². The molecule has 0 aromatic carbocycles. The molecule has 1 amide bonds. The lowest BCUT2D eigenvalue weighted by Crippen LogP contribution is -2.51. The van der Waals surface area contributed by atoms with E-state index < -0.39 is 0 Å². The van der Waals surface area contributed by atoms with Crippen LogP contribution in [0.3, 0.4) is 0 Å². The number of hydrogen-bond donors (Lipinski definition) is 1. The Morgan fingerprint density at radius 3 is 2.63 bits per heavy atom. The van der Waals surface area contributed by atoms with Crippen molar-refractivity contribution in [2.45, 2.75) is 51.6 Å². The number of nitrogens with two attached hydrogens (primary N) is 1. The molecule has 19 heavy (non-hydrogen) atoms. The Hall–Kier alpha value is -0.610. The highest BCUT2D eigenvalue weighted by atomic mass is 16.2. The lowest BCUT2D eigenvalue weighted by Gasteiger charge is -2.41. The summed E-state index contributed by atoms with van der Waals surface area (Å²) in [5.41, 5.74) is 5.93. The Kier molecular flexibility index (Phi) is 4.85. The molecular weight excluding hydrogens is 238 g/mol. The van der Waals surface area contributed by atoms with Crippen LogP contribution in [0.4, 0.5) is 0 Å². The highest BCUT2D eigenvalue weighted by Gasteiger charge is 2.35. The Bertz CT molecular complexity index is 321. The Morgan fingerprint density at radius 2 is 2.11 bits per heavy atom. The van der Waals surface area contributed by atoms with E-state index in [1.54, 1.807) is 0 Å². The maximum atomic E-state index is 12.5. The minimum atomic E-state index is 0.177. The zero-order valence-corrected chi connectivity index (χ0v) is 12.6. The quantitative estimate of drug-likeness (QED) is 0.838. The number of hydrogen-bond acceptors (Lipinski definition) is 3. The van der Waals surface area contributed by atoms with E-state index in [-0.39, 0.29) is 12.0 Å². The van der Waals surface area contributed by atoms with Gasteiger partial charge in [0, 0.05) is 38.1 Å². The highest BCUT2D eigenvalue weighted by molar-refractivity contribution is 5.79. The maximum absolute atomic E-state index is 12.5. The van der Waals surface area contributed by atoms with Crippen LogP contribution < -0.4 is 5.73 Å². The van der Waals surface area contributed by atoms with Crippen LogP contribution in [0.25, 0.3) is 0 Å². The van der Waals surface area contributed by atoms with Crippen LogP contribution in [-0.4, -0.2) is 54.5 Å². The fraction of sp³-hybridized carbons (Fsp3) is 0.933.